The number of ether oxygens (including phenoxy) is 1. The average molecular weight is 631 g/mol. The molecule has 3 N–H and O–H groups in total. The van der Waals surface area contributed by atoms with Gasteiger partial charge in [0.25, 0.3) is 5.91 Å². The van der Waals surface area contributed by atoms with Gasteiger partial charge in [-0.15, -0.1) is 0 Å². The van der Waals surface area contributed by atoms with Gasteiger partial charge < -0.3 is 20.1 Å². The average Bonchev–Trinajstić information content (AvgIpc) is 3.70. The summed E-state index contributed by atoms with van der Waals surface area (Å²) in [5.41, 5.74) is 3.22. The van der Waals surface area contributed by atoms with Gasteiger partial charge in [-0.3, -0.25) is 15.1 Å². The topological polar surface area (TPSA) is 111 Å². The summed E-state index contributed by atoms with van der Waals surface area (Å²) in [6.45, 7) is 11.7. The normalized spacial score (nSPS) is 17.0. The Morgan fingerprint density at radius 3 is 2.58 bits per heavy atom. The van der Waals surface area contributed by atoms with E-state index in [1.165, 1.54) is 38.5 Å². The predicted octanol–water partition coefficient (Wildman–Crippen LogP) is 5.72. The third kappa shape index (κ3) is 9.18. The van der Waals surface area contributed by atoms with Gasteiger partial charge in [-0.05, 0) is 69.1 Å². The molecular weight excluding hydrogens is 583 g/mol. The van der Waals surface area contributed by atoms with Gasteiger partial charge >= 0.3 is 0 Å². The number of nitrogens with one attached hydrogen (secondary N) is 1. The van der Waals surface area contributed by atoms with E-state index in [9.17, 15) is 10.0 Å². The van der Waals surface area contributed by atoms with Crippen LogP contribution < -0.4 is 15.3 Å². The van der Waals surface area contributed by atoms with Gasteiger partial charge in [0.2, 0.25) is 0 Å². The summed E-state index contributed by atoms with van der Waals surface area (Å²) in [6, 6.07) is 7.15. The number of aromatic nitrogens is 2. The fourth-order valence-electron chi connectivity index (χ4n) is 5.63. The molecule has 1 aromatic carbocycles. The van der Waals surface area contributed by atoms with Crippen LogP contribution in [0.3, 0.4) is 0 Å². The number of unbranched alkanes of at least 4 members (excludes halogenated alkanes) is 2. The smallest absolute Gasteiger partial charge is 0.258 e. The monoisotopic (exact) mass is 630 g/mol. The summed E-state index contributed by atoms with van der Waals surface area (Å²) in [7, 11) is 0. The van der Waals surface area contributed by atoms with E-state index in [1.54, 1.807) is 25.1 Å². The summed E-state index contributed by atoms with van der Waals surface area (Å²) in [6.07, 6.45) is 8.68. The van der Waals surface area contributed by atoms with Crippen LogP contribution in [0.2, 0.25) is 0 Å². The Morgan fingerprint density at radius 2 is 1.93 bits per heavy atom. The van der Waals surface area contributed by atoms with E-state index in [4.69, 9.17) is 9.84 Å². The second-order valence-corrected chi connectivity index (χ2v) is 10.5. The number of rotatable bonds is 12. The molecule has 2 aliphatic rings. The van der Waals surface area contributed by atoms with Crippen molar-refractivity contribution in [3.8, 4) is 0 Å². The number of carbonyl (C=O) groups is 1. The quantitative estimate of drug-likeness (QED) is 0.155. The number of piperidine rings is 1. The Labute approximate surface area is 264 Å². The number of nitrogens with zero attached hydrogens (tertiary/aromatic N) is 4. The van der Waals surface area contributed by atoms with Gasteiger partial charge in [-0.1, -0.05) is 40.0 Å². The molecule has 40 heavy (non-hydrogen) atoms. The van der Waals surface area contributed by atoms with Crippen molar-refractivity contribution in [1.82, 2.24) is 9.97 Å². The molecule has 1 atom stereocenters. The number of aryl methyl sites for hydroxylation is 2. The van der Waals surface area contributed by atoms with Gasteiger partial charge in [0.1, 0.15) is 18.4 Å². The van der Waals surface area contributed by atoms with E-state index >= 15 is 0 Å². The van der Waals surface area contributed by atoms with Crippen LogP contribution in [0, 0.1) is 25.2 Å². The first-order chi connectivity index (χ1) is 18.8. The van der Waals surface area contributed by atoms with Crippen LogP contribution in [0.25, 0.3) is 0 Å². The molecule has 4 rings (SSSR count). The number of benzene rings is 1. The zero-order valence-electron chi connectivity index (χ0n) is 24.9. The molecule has 1 aromatic heterocycles. The van der Waals surface area contributed by atoms with Crippen LogP contribution in [0.4, 0.5) is 17.2 Å². The Hall–Kier alpha value is -1.65. The second-order valence-electron chi connectivity index (χ2n) is 10.5. The Morgan fingerprint density at radius 1 is 1.18 bits per heavy atom. The first kappa shape index (κ1) is 34.6. The van der Waals surface area contributed by atoms with Crippen molar-refractivity contribution in [1.29, 1.82) is 0 Å². The molecule has 1 saturated carbocycles. The Bertz CT molecular complexity index is 1060. The van der Waals surface area contributed by atoms with Crippen molar-refractivity contribution < 1.29 is 52.6 Å². The van der Waals surface area contributed by atoms with Crippen molar-refractivity contribution >= 4 is 23.1 Å². The minimum absolute atomic E-state index is 0. The summed E-state index contributed by atoms with van der Waals surface area (Å²) >= 11 is 0. The molecule has 1 aliphatic carbocycles. The zero-order chi connectivity index (χ0) is 28.4. The molecule has 1 saturated heterocycles. The number of hydrogen-bond acceptors (Lipinski definition) is 8. The summed E-state index contributed by atoms with van der Waals surface area (Å²) < 4.78 is 4.98. The van der Waals surface area contributed by atoms with Crippen LogP contribution in [-0.4, -0.2) is 59.2 Å². The molecule has 9 nitrogen and oxygen atoms in total. The number of aliphatic hydroxyl groups excluding tert-OH is 1. The fraction of sp³-hybridized carbons (Fsp3) is 0.633. The molecule has 1 unspecified atom stereocenters. The van der Waals surface area contributed by atoms with E-state index in [0.29, 0.717) is 34.2 Å². The Kier molecular flexibility index (Phi) is 14.4. The number of anilines is 3. The molecule has 1 amide bonds. The molecule has 2 aromatic rings. The van der Waals surface area contributed by atoms with Crippen LogP contribution in [0.5, 0.6) is 0 Å². The molecule has 0 bridgehead atoms. The van der Waals surface area contributed by atoms with Crippen LogP contribution >= 0.6 is 0 Å². The maximum absolute atomic E-state index is 13.5. The van der Waals surface area contributed by atoms with Crippen LogP contribution in [-0.2, 0) is 37.4 Å². The number of hydroxylamine groups is 1. The molecule has 10 heteroatoms. The summed E-state index contributed by atoms with van der Waals surface area (Å²) in [5.74, 6) is 1.46. The number of hydrogen-bond donors (Lipinski definition) is 3. The van der Waals surface area contributed by atoms with E-state index in [-0.39, 0.29) is 51.8 Å². The van der Waals surface area contributed by atoms with Crippen LogP contribution in [0.1, 0.15) is 87.6 Å². The Balaban J connectivity index is 0.00000183. The molecule has 2 heterocycles. The van der Waals surface area contributed by atoms with Crippen molar-refractivity contribution in [2.45, 2.75) is 79.6 Å². The molecule has 1 aliphatic heterocycles. The van der Waals surface area contributed by atoms with E-state index in [0.717, 1.165) is 36.0 Å². The van der Waals surface area contributed by atoms with Crippen molar-refractivity contribution in [2.24, 2.45) is 11.3 Å². The number of carbonyl (C=O) groups excluding carboxylic acids is 1. The van der Waals surface area contributed by atoms with Gasteiger partial charge in [-0.25, -0.2) is 9.97 Å². The first-order valence-corrected chi connectivity index (χ1v) is 14.5. The van der Waals surface area contributed by atoms with Crippen LogP contribution in [0.15, 0.2) is 24.3 Å². The minimum atomic E-state index is -0.394. The zero-order valence-corrected chi connectivity index (χ0v) is 27.8. The summed E-state index contributed by atoms with van der Waals surface area (Å²) in [5, 5.41) is 23.6. The molecule has 1 spiro atoms. The largest absolute Gasteiger partial charge is 0.371 e. The number of amides is 1. The van der Waals surface area contributed by atoms with Gasteiger partial charge in [-0.2, -0.15) is 0 Å². The van der Waals surface area contributed by atoms with E-state index in [1.807, 2.05) is 26.8 Å². The number of aliphatic hydroxyl groups is 1. The SMILES string of the molecule is CC.CCCCCC1CN(c2cc(N(O)CCOCO)ccc2C(=O)Nc2cc(C)nc(C)n2)CCC12CC2.[Y]. The van der Waals surface area contributed by atoms with Crippen molar-refractivity contribution in [3.63, 3.8) is 0 Å². The summed E-state index contributed by atoms with van der Waals surface area (Å²) in [4.78, 5) is 24.5. The molecule has 1 radical (unpaired) electrons. The molecular formula is C30H47N5O4Y. The van der Waals surface area contributed by atoms with E-state index < -0.39 is 6.79 Å². The molecule has 2 fully saturated rings. The van der Waals surface area contributed by atoms with Crippen molar-refractivity contribution in [3.05, 3.63) is 41.3 Å². The van der Waals surface area contributed by atoms with Gasteiger partial charge in [0, 0.05) is 57.6 Å². The fourth-order valence-corrected chi connectivity index (χ4v) is 5.63. The standard InChI is InChI=1S/C28H41N5O4.C2H6.Y/c1-4-5-6-7-22-18-32(13-12-28(22)10-11-28)25-17-23(33(36)14-15-37-19-34)8-9-24(25)27(35)31-26-16-20(2)29-21(3)30-26;1-2;/h8-9,16-17,22,34,36H,4-7,10-15,18-19H2,1-3H3,(H,29,30,31,35);1-2H3;. The van der Waals surface area contributed by atoms with Gasteiger partial charge in [0.05, 0.1) is 30.1 Å². The van der Waals surface area contributed by atoms with Gasteiger partial charge in [0.15, 0.2) is 0 Å². The third-order valence-electron chi connectivity index (χ3n) is 7.85. The second kappa shape index (κ2) is 16.7. The minimum Gasteiger partial charge on any atom is -0.371 e. The predicted molar refractivity (Wildman–Crippen MR) is 156 cm³/mol. The maximum Gasteiger partial charge on any atom is 0.258 e. The van der Waals surface area contributed by atoms with Crippen molar-refractivity contribution in [2.75, 3.05) is 48.3 Å². The third-order valence-corrected chi connectivity index (χ3v) is 7.85. The molecule has 219 valence electrons. The first-order valence-electron chi connectivity index (χ1n) is 14.5. The maximum atomic E-state index is 13.5. The van der Waals surface area contributed by atoms with E-state index in [2.05, 4.69) is 27.1 Å².